The minimum atomic E-state index is -3.90. The Morgan fingerprint density at radius 2 is 1.90 bits per heavy atom. The number of fused-ring (bicyclic) bond motifs is 2. The molecule has 2 aliphatic rings. The first-order chi connectivity index (χ1) is 14.8. The molecule has 0 saturated heterocycles. The number of likely N-dealkylation sites (N-methyl/N-ethyl adjacent to an activating group) is 2. The summed E-state index contributed by atoms with van der Waals surface area (Å²) in [7, 11) is 0.0876. The van der Waals surface area contributed by atoms with Gasteiger partial charge in [-0.05, 0) is 49.4 Å². The number of hydrogen-bond acceptors (Lipinski definition) is 5. The Balaban J connectivity index is 1.66. The molecule has 0 saturated carbocycles. The van der Waals surface area contributed by atoms with E-state index >= 15 is 0 Å². The summed E-state index contributed by atoms with van der Waals surface area (Å²) >= 11 is 0. The van der Waals surface area contributed by atoms with E-state index in [1.165, 1.54) is 22.2 Å². The highest BCUT2D eigenvalue weighted by Crippen LogP contribution is 2.36. The Morgan fingerprint density at radius 3 is 2.68 bits per heavy atom. The first kappa shape index (κ1) is 20.1. The second-order valence-electron chi connectivity index (χ2n) is 8.15. The highest BCUT2D eigenvalue weighted by molar-refractivity contribution is 7.90. The van der Waals surface area contributed by atoms with Gasteiger partial charge in [0.1, 0.15) is 18.2 Å². The van der Waals surface area contributed by atoms with Gasteiger partial charge in [0, 0.05) is 43.4 Å². The summed E-state index contributed by atoms with van der Waals surface area (Å²) in [4.78, 5) is 4.37. The van der Waals surface area contributed by atoms with E-state index in [4.69, 9.17) is 4.74 Å². The van der Waals surface area contributed by atoms with Gasteiger partial charge >= 0.3 is 0 Å². The fourth-order valence-corrected chi connectivity index (χ4v) is 5.64. The van der Waals surface area contributed by atoms with E-state index in [1.54, 1.807) is 24.4 Å². The molecule has 162 valence electrons. The van der Waals surface area contributed by atoms with Crippen molar-refractivity contribution in [2.75, 3.05) is 45.2 Å². The number of benzene rings is 2. The molecule has 31 heavy (non-hydrogen) atoms. The summed E-state index contributed by atoms with van der Waals surface area (Å²) in [5.41, 5.74) is 3.13. The van der Waals surface area contributed by atoms with Crippen LogP contribution in [0.3, 0.4) is 0 Å². The fourth-order valence-electron chi connectivity index (χ4n) is 4.25. The van der Waals surface area contributed by atoms with Gasteiger partial charge in [0.25, 0.3) is 10.0 Å². The molecular weight excluding hydrogens is 417 g/mol. The number of rotatable bonds is 3. The molecule has 0 spiro atoms. The van der Waals surface area contributed by atoms with E-state index < -0.39 is 10.0 Å². The van der Waals surface area contributed by atoms with Crippen molar-refractivity contribution in [3.63, 3.8) is 0 Å². The first-order valence-corrected chi connectivity index (χ1v) is 11.7. The van der Waals surface area contributed by atoms with Crippen LogP contribution in [0.25, 0.3) is 16.5 Å². The van der Waals surface area contributed by atoms with Crippen molar-refractivity contribution in [3.05, 3.63) is 60.1 Å². The lowest BCUT2D eigenvalue weighted by atomic mass is 9.99. The van der Waals surface area contributed by atoms with Gasteiger partial charge in [-0.15, -0.1) is 0 Å². The van der Waals surface area contributed by atoms with Crippen LogP contribution in [-0.4, -0.2) is 57.6 Å². The Morgan fingerprint density at radius 1 is 1.06 bits per heavy atom. The van der Waals surface area contributed by atoms with E-state index in [0.717, 1.165) is 42.9 Å². The molecule has 0 amide bonds. The van der Waals surface area contributed by atoms with Crippen LogP contribution in [0.4, 0.5) is 10.1 Å². The number of halogens is 1. The number of nitrogens with zero attached hydrogens (tertiary/aromatic N) is 3. The zero-order chi connectivity index (χ0) is 21.8. The monoisotopic (exact) mass is 441 g/mol. The molecule has 3 heterocycles. The molecule has 0 unspecified atom stereocenters. The lowest BCUT2D eigenvalue weighted by Crippen LogP contribution is -2.29. The number of ether oxygens (including phenoxy) is 1. The minimum absolute atomic E-state index is 0.145. The SMILES string of the molecule is CN1CC=C(c2cn(S(=O)(=O)c3ccc4c(c3)OCCN4C)c3ccc(F)cc23)CC1. The van der Waals surface area contributed by atoms with Gasteiger partial charge in [-0.1, -0.05) is 6.08 Å². The van der Waals surface area contributed by atoms with Crippen molar-refractivity contribution < 1.29 is 17.5 Å². The van der Waals surface area contributed by atoms with Crippen molar-refractivity contribution in [2.24, 2.45) is 0 Å². The average Bonchev–Trinajstić information content (AvgIpc) is 3.13. The van der Waals surface area contributed by atoms with Crippen molar-refractivity contribution >= 4 is 32.2 Å². The van der Waals surface area contributed by atoms with Gasteiger partial charge in [-0.25, -0.2) is 16.8 Å². The number of aromatic nitrogens is 1. The first-order valence-electron chi connectivity index (χ1n) is 10.3. The Hall–Kier alpha value is -2.84. The number of anilines is 1. The quantitative estimate of drug-likeness (QED) is 0.622. The van der Waals surface area contributed by atoms with E-state index in [-0.39, 0.29) is 10.7 Å². The second-order valence-corrected chi connectivity index (χ2v) is 9.96. The fraction of sp³-hybridized carbons (Fsp3) is 0.304. The second kappa shape index (κ2) is 7.39. The zero-order valence-corrected chi connectivity index (χ0v) is 18.3. The van der Waals surface area contributed by atoms with Gasteiger partial charge in [0.2, 0.25) is 0 Å². The maximum atomic E-state index is 14.1. The molecular formula is C23H24FN3O3S. The Bertz CT molecular complexity index is 1310. The number of hydrogen-bond donors (Lipinski definition) is 0. The van der Waals surface area contributed by atoms with Gasteiger partial charge in [0.05, 0.1) is 22.6 Å². The minimum Gasteiger partial charge on any atom is -0.490 e. The maximum absolute atomic E-state index is 14.1. The van der Waals surface area contributed by atoms with Crippen LogP contribution in [-0.2, 0) is 10.0 Å². The third-order valence-electron chi connectivity index (χ3n) is 6.07. The van der Waals surface area contributed by atoms with E-state index in [1.807, 2.05) is 19.0 Å². The standard InChI is InChI=1S/C23H24FN3O3S/c1-25-9-7-16(8-10-25)20-15-27(21-5-3-17(24)13-19(20)21)31(28,29)18-4-6-22-23(14-18)30-12-11-26(22)2/h3-7,13-15H,8-12H2,1-2H3. The maximum Gasteiger partial charge on any atom is 0.268 e. The van der Waals surface area contributed by atoms with Crippen LogP contribution in [0, 0.1) is 5.82 Å². The van der Waals surface area contributed by atoms with Crippen molar-refractivity contribution in [1.82, 2.24) is 8.87 Å². The molecule has 8 heteroatoms. The lowest BCUT2D eigenvalue weighted by Gasteiger charge is -2.27. The van der Waals surface area contributed by atoms with E-state index in [9.17, 15) is 12.8 Å². The van der Waals surface area contributed by atoms with Crippen LogP contribution in [0.5, 0.6) is 5.75 Å². The largest absolute Gasteiger partial charge is 0.490 e. The highest BCUT2D eigenvalue weighted by Gasteiger charge is 2.26. The third-order valence-corrected chi connectivity index (χ3v) is 7.74. The predicted molar refractivity (Wildman–Crippen MR) is 120 cm³/mol. The topological polar surface area (TPSA) is 54.8 Å². The summed E-state index contributed by atoms with van der Waals surface area (Å²) in [6.07, 6.45) is 4.50. The molecule has 0 fully saturated rings. The molecule has 0 N–H and O–H groups in total. The molecule has 2 aromatic carbocycles. The van der Waals surface area contributed by atoms with Crippen LogP contribution in [0.15, 0.2) is 53.6 Å². The van der Waals surface area contributed by atoms with Gasteiger partial charge < -0.3 is 14.5 Å². The summed E-state index contributed by atoms with van der Waals surface area (Å²) < 4.78 is 48.3. The predicted octanol–water partition coefficient (Wildman–Crippen LogP) is 3.56. The van der Waals surface area contributed by atoms with Gasteiger partial charge in [0.15, 0.2) is 0 Å². The summed E-state index contributed by atoms with van der Waals surface area (Å²) in [5.74, 6) is 0.165. The van der Waals surface area contributed by atoms with Gasteiger partial charge in [-0.3, -0.25) is 0 Å². The normalized spacial score (nSPS) is 17.4. The molecule has 6 nitrogen and oxygen atoms in total. The molecule has 0 bridgehead atoms. The Labute approximate surface area is 181 Å². The van der Waals surface area contributed by atoms with Crippen molar-refractivity contribution in [1.29, 1.82) is 0 Å². The molecule has 0 atom stereocenters. The van der Waals surface area contributed by atoms with E-state index in [2.05, 4.69) is 11.0 Å². The highest BCUT2D eigenvalue weighted by atomic mass is 32.2. The van der Waals surface area contributed by atoms with Crippen LogP contribution < -0.4 is 9.64 Å². The smallest absolute Gasteiger partial charge is 0.268 e. The molecule has 5 rings (SSSR count). The molecule has 0 radical (unpaired) electrons. The molecule has 1 aromatic heterocycles. The summed E-state index contributed by atoms with van der Waals surface area (Å²) in [6, 6.07) is 9.19. The Kier molecular flexibility index (Phi) is 4.79. The average molecular weight is 442 g/mol. The molecule has 3 aromatic rings. The lowest BCUT2D eigenvalue weighted by molar-refractivity contribution is 0.310. The molecule has 2 aliphatic heterocycles. The van der Waals surface area contributed by atoms with Crippen LogP contribution in [0.1, 0.15) is 12.0 Å². The van der Waals surface area contributed by atoms with Gasteiger partial charge in [-0.2, -0.15) is 0 Å². The summed E-state index contributed by atoms with van der Waals surface area (Å²) in [5, 5.41) is 0.605. The van der Waals surface area contributed by atoms with E-state index in [0.29, 0.717) is 23.3 Å². The molecule has 0 aliphatic carbocycles. The zero-order valence-electron chi connectivity index (χ0n) is 17.5. The van der Waals surface area contributed by atoms with Crippen LogP contribution in [0.2, 0.25) is 0 Å². The summed E-state index contributed by atoms with van der Waals surface area (Å²) in [6.45, 7) is 2.90. The van der Waals surface area contributed by atoms with Crippen LogP contribution >= 0.6 is 0 Å². The third kappa shape index (κ3) is 3.40. The van der Waals surface area contributed by atoms with Crippen molar-refractivity contribution in [3.8, 4) is 5.75 Å². The van der Waals surface area contributed by atoms with Crippen molar-refractivity contribution in [2.45, 2.75) is 11.3 Å².